The van der Waals surface area contributed by atoms with Crippen molar-refractivity contribution in [3.63, 3.8) is 0 Å². The predicted molar refractivity (Wildman–Crippen MR) is 116 cm³/mol. The molecule has 0 aromatic carbocycles. The fourth-order valence-electron chi connectivity index (χ4n) is 7.09. The van der Waals surface area contributed by atoms with Gasteiger partial charge in [0.1, 0.15) is 0 Å². The fraction of sp³-hybridized carbons (Fsp3) is 0.792. The van der Waals surface area contributed by atoms with Crippen LogP contribution in [0.2, 0.25) is 0 Å². The summed E-state index contributed by atoms with van der Waals surface area (Å²) in [5, 5.41) is 3.90. The molecule has 2 saturated carbocycles. The van der Waals surface area contributed by atoms with E-state index in [4.69, 9.17) is 0 Å². The third-order valence-electron chi connectivity index (χ3n) is 8.91. The zero-order valence-electron chi connectivity index (χ0n) is 18.6. The Hall–Kier alpha value is -0.990. The highest BCUT2D eigenvalue weighted by Gasteiger charge is 2.59. The predicted octanol–water partition coefficient (Wildman–Crippen LogP) is 5.71. The van der Waals surface area contributed by atoms with Gasteiger partial charge in [-0.25, -0.2) is 0 Å². The molecule has 2 fully saturated rings. The molecule has 0 spiro atoms. The molecule has 4 aliphatic rings. The molecule has 0 heterocycles. The van der Waals surface area contributed by atoms with Crippen LogP contribution in [0.1, 0.15) is 79.6 Å². The molecule has 4 nitrogen and oxygen atoms in total. The normalized spacial score (nSPS) is 42.1. The molecule has 4 aliphatic carbocycles. The van der Waals surface area contributed by atoms with Crippen molar-refractivity contribution in [2.45, 2.75) is 85.6 Å². The topological polar surface area (TPSA) is 66.4 Å². The highest BCUT2D eigenvalue weighted by Crippen LogP contribution is 2.65. The van der Waals surface area contributed by atoms with Crippen LogP contribution in [0, 0.1) is 34.0 Å². The van der Waals surface area contributed by atoms with E-state index >= 15 is 0 Å². The van der Waals surface area contributed by atoms with E-state index in [0.29, 0.717) is 29.0 Å². The van der Waals surface area contributed by atoms with Gasteiger partial charge in [-0.05, 0) is 71.5 Å². The molecule has 2 unspecified atom stereocenters. The summed E-state index contributed by atoms with van der Waals surface area (Å²) in [5.74, 6) is 1.99. The van der Waals surface area contributed by atoms with Gasteiger partial charge in [0.05, 0.1) is 0 Å². The summed E-state index contributed by atoms with van der Waals surface area (Å²) in [5.41, 5.74) is 1.02. The molecule has 0 bridgehead atoms. The second-order valence-electron chi connectivity index (χ2n) is 11.5. The summed E-state index contributed by atoms with van der Waals surface area (Å²) in [6.45, 7) is 10.6. The molecule has 0 aromatic heterocycles. The van der Waals surface area contributed by atoms with Crippen molar-refractivity contribution in [2.24, 2.45) is 34.0 Å². The molecule has 160 valence electrons. The third-order valence-corrected chi connectivity index (χ3v) is 9.72. The number of carbonyl (C=O) groups is 1. The Balaban J connectivity index is 1.74. The molecular formula is C24H37NO3P+. The maximum Gasteiger partial charge on any atom is 0.541 e. The van der Waals surface area contributed by atoms with Gasteiger partial charge in [0.25, 0.3) is 0 Å². The van der Waals surface area contributed by atoms with Gasteiger partial charge < -0.3 is 5.32 Å². The van der Waals surface area contributed by atoms with Crippen LogP contribution in [0.3, 0.4) is 0 Å². The Bertz CT molecular complexity index is 794. The second-order valence-corrected chi connectivity index (χ2v) is 12.6. The molecule has 0 aliphatic heterocycles. The summed E-state index contributed by atoms with van der Waals surface area (Å²) < 4.78 is 12.0. The second kappa shape index (κ2) is 7.02. The van der Waals surface area contributed by atoms with Gasteiger partial charge in [-0.3, -0.25) is 4.79 Å². The van der Waals surface area contributed by atoms with E-state index in [1.165, 1.54) is 37.7 Å². The molecule has 4 rings (SSSR count). The van der Waals surface area contributed by atoms with Crippen molar-refractivity contribution in [3.05, 3.63) is 23.0 Å². The standard InChI is InChI=1S/C24H36NO3P/c1-22(2,3)21(26)25-20-14-16(29(27)28)13-15-8-9-17-18-7-6-11-23(18,4)12-10-19(17)24(15,20)5/h8,13,17-20H,6-7,9-12,14H2,1-5H3,(H-,25,26,27,28)/p+1/t17-,18-,19+,20?,23-,24-/m0/s1. The van der Waals surface area contributed by atoms with Gasteiger partial charge in [-0.2, -0.15) is 4.89 Å². The molecule has 7 atom stereocenters. The minimum absolute atomic E-state index is 0.0288. The first-order valence-electron chi connectivity index (χ1n) is 11.3. The van der Waals surface area contributed by atoms with Crippen molar-refractivity contribution < 1.29 is 14.3 Å². The molecule has 0 radical (unpaired) electrons. The maximum absolute atomic E-state index is 12.9. The van der Waals surface area contributed by atoms with Gasteiger partial charge in [0, 0.05) is 23.3 Å². The minimum Gasteiger partial charge on any atom is -0.352 e. The number of hydrogen-bond acceptors (Lipinski definition) is 2. The lowest BCUT2D eigenvalue weighted by atomic mass is 9.48. The van der Waals surface area contributed by atoms with Crippen LogP contribution in [0.15, 0.2) is 23.0 Å². The summed E-state index contributed by atoms with van der Waals surface area (Å²) in [4.78, 5) is 22.8. The smallest absolute Gasteiger partial charge is 0.352 e. The Kier molecular flexibility index (Phi) is 5.15. The molecule has 1 amide bonds. The number of fused-ring (bicyclic) bond motifs is 5. The zero-order chi connectivity index (χ0) is 21.2. The molecule has 0 saturated heterocycles. The van der Waals surface area contributed by atoms with E-state index in [1.807, 2.05) is 26.8 Å². The molecule has 0 aromatic rings. The van der Waals surface area contributed by atoms with E-state index in [2.05, 4.69) is 25.2 Å². The summed E-state index contributed by atoms with van der Waals surface area (Å²) >= 11 is 0. The van der Waals surface area contributed by atoms with Crippen LogP contribution in [0.4, 0.5) is 0 Å². The van der Waals surface area contributed by atoms with Crippen LogP contribution in [-0.2, 0) is 9.36 Å². The van der Waals surface area contributed by atoms with Crippen LogP contribution in [-0.4, -0.2) is 16.8 Å². The van der Waals surface area contributed by atoms with Crippen LogP contribution in [0.5, 0.6) is 0 Å². The van der Waals surface area contributed by atoms with E-state index in [9.17, 15) is 14.3 Å². The van der Waals surface area contributed by atoms with Crippen molar-refractivity contribution >= 4 is 13.9 Å². The molecule has 5 heteroatoms. The average Bonchev–Trinajstić information content (AvgIpc) is 3.02. The van der Waals surface area contributed by atoms with Gasteiger partial charge in [-0.1, -0.05) is 47.1 Å². The summed E-state index contributed by atoms with van der Waals surface area (Å²) in [6.07, 6.45) is 12.4. The summed E-state index contributed by atoms with van der Waals surface area (Å²) in [6, 6.07) is -0.120. The molecule has 29 heavy (non-hydrogen) atoms. The maximum atomic E-state index is 12.9. The van der Waals surface area contributed by atoms with Crippen LogP contribution in [0.25, 0.3) is 0 Å². The van der Waals surface area contributed by atoms with Crippen LogP contribution >= 0.6 is 8.03 Å². The molecular weight excluding hydrogens is 381 g/mol. The zero-order valence-corrected chi connectivity index (χ0v) is 19.5. The van der Waals surface area contributed by atoms with Crippen molar-refractivity contribution in [1.29, 1.82) is 0 Å². The van der Waals surface area contributed by atoms with E-state index in [0.717, 1.165) is 12.3 Å². The summed E-state index contributed by atoms with van der Waals surface area (Å²) in [7, 11) is -2.37. The number of carbonyl (C=O) groups excluding carboxylic acids is 1. The third kappa shape index (κ3) is 3.35. The van der Waals surface area contributed by atoms with Gasteiger partial charge in [-0.15, -0.1) is 0 Å². The Morgan fingerprint density at radius 2 is 1.93 bits per heavy atom. The van der Waals surface area contributed by atoms with Crippen molar-refractivity contribution in [1.82, 2.24) is 5.32 Å². The van der Waals surface area contributed by atoms with Gasteiger partial charge >= 0.3 is 8.03 Å². The first kappa shape index (κ1) is 21.2. The van der Waals surface area contributed by atoms with E-state index in [-0.39, 0.29) is 17.4 Å². The monoisotopic (exact) mass is 418 g/mol. The average molecular weight is 419 g/mol. The first-order chi connectivity index (χ1) is 13.5. The van der Waals surface area contributed by atoms with E-state index < -0.39 is 13.4 Å². The minimum atomic E-state index is -2.37. The highest BCUT2D eigenvalue weighted by molar-refractivity contribution is 7.43. The largest absolute Gasteiger partial charge is 0.541 e. The number of amides is 1. The first-order valence-corrected chi connectivity index (χ1v) is 12.6. The van der Waals surface area contributed by atoms with Crippen molar-refractivity contribution in [2.75, 3.05) is 0 Å². The number of rotatable bonds is 2. The van der Waals surface area contributed by atoms with Crippen molar-refractivity contribution in [3.8, 4) is 0 Å². The number of allylic oxidation sites excluding steroid dienone is 2. The van der Waals surface area contributed by atoms with Crippen LogP contribution < -0.4 is 5.32 Å². The lowest BCUT2D eigenvalue weighted by Crippen LogP contribution is -2.58. The fourth-order valence-corrected chi connectivity index (χ4v) is 7.68. The Labute approximate surface area is 176 Å². The Morgan fingerprint density at radius 3 is 2.59 bits per heavy atom. The lowest BCUT2D eigenvalue weighted by molar-refractivity contribution is -0.131. The lowest BCUT2D eigenvalue weighted by Gasteiger charge is -2.58. The Morgan fingerprint density at radius 1 is 1.21 bits per heavy atom. The number of hydrogen-bond donors (Lipinski definition) is 2. The molecule has 2 N–H and O–H groups in total. The van der Waals surface area contributed by atoms with E-state index in [1.54, 1.807) is 0 Å². The highest BCUT2D eigenvalue weighted by atomic mass is 31.1. The quantitative estimate of drug-likeness (QED) is 0.565. The van der Waals surface area contributed by atoms with Gasteiger partial charge in [0.2, 0.25) is 11.2 Å². The number of nitrogens with one attached hydrogen (secondary N) is 1. The SMILES string of the molecule is CC(C)(C)C(=O)NC1CC([P+](=O)O)=CC2=CC[C@@H]3[C@@H](CC[C@]4(C)CCC[C@@H]34)[C@]21C. The van der Waals surface area contributed by atoms with Gasteiger partial charge in [0.15, 0.2) is 0 Å².